The van der Waals surface area contributed by atoms with Crippen LogP contribution in [0.3, 0.4) is 0 Å². The van der Waals surface area contributed by atoms with Crippen LogP contribution in [-0.4, -0.2) is 15.8 Å². The summed E-state index contributed by atoms with van der Waals surface area (Å²) >= 11 is 0. The van der Waals surface area contributed by atoms with Crippen molar-refractivity contribution in [3.05, 3.63) is 96.3 Å². The van der Waals surface area contributed by atoms with Crippen molar-refractivity contribution in [2.24, 2.45) is 10.9 Å². The van der Waals surface area contributed by atoms with Crippen LogP contribution in [0, 0.1) is 5.82 Å². The number of pyridine rings is 1. The summed E-state index contributed by atoms with van der Waals surface area (Å²) in [7, 11) is 0. The number of halogens is 1. The Morgan fingerprint density at radius 3 is 2.63 bits per heavy atom. The number of aromatic nitrogens is 2. The molecule has 0 aliphatic carbocycles. The monoisotopic (exact) mass is 404 g/mol. The van der Waals surface area contributed by atoms with Crippen molar-refractivity contribution in [1.29, 1.82) is 0 Å². The molecule has 0 fully saturated rings. The van der Waals surface area contributed by atoms with Gasteiger partial charge in [0.05, 0.1) is 5.56 Å². The van der Waals surface area contributed by atoms with Crippen molar-refractivity contribution >= 4 is 5.84 Å². The molecule has 2 heterocycles. The normalized spacial score (nSPS) is 11.3. The number of benzene rings is 2. The lowest BCUT2D eigenvalue weighted by Gasteiger charge is -2.09. The van der Waals surface area contributed by atoms with Crippen molar-refractivity contribution in [2.45, 2.75) is 6.61 Å². The Balaban J connectivity index is 1.42. The summed E-state index contributed by atoms with van der Waals surface area (Å²) < 4.78 is 24.2. The molecule has 4 rings (SSSR count). The number of hydrogen-bond donors (Lipinski definition) is 1. The zero-order valence-corrected chi connectivity index (χ0v) is 15.7. The van der Waals surface area contributed by atoms with E-state index in [1.165, 1.54) is 18.4 Å². The molecule has 2 aromatic heterocycles. The van der Waals surface area contributed by atoms with Gasteiger partial charge in [-0.25, -0.2) is 14.4 Å². The van der Waals surface area contributed by atoms with Crippen molar-refractivity contribution < 1.29 is 18.4 Å². The number of ether oxygens (including phenoxy) is 1. The van der Waals surface area contributed by atoms with Gasteiger partial charge < -0.3 is 19.7 Å². The molecule has 150 valence electrons. The zero-order valence-electron chi connectivity index (χ0n) is 15.7. The number of oxime groups is 1. The highest BCUT2D eigenvalue weighted by atomic mass is 19.1. The van der Waals surface area contributed by atoms with E-state index in [0.29, 0.717) is 34.3 Å². The van der Waals surface area contributed by atoms with Gasteiger partial charge in [0, 0.05) is 11.8 Å². The van der Waals surface area contributed by atoms with E-state index in [1.807, 2.05) is 30.3 Å². The zero-order chi connectivity index (χ0) is 20.8. The first kappa shape index (κ1) is 19.1. The van der Waals surface area contributed by atoms with Crippen LogP contribution in [0.4, 0.5) is 4.39 Å². The van der Waals surface area contributed by atoms with E-state index in [9.17, 15) is 4.39 Å². The average Bonchev–Trinajstić information content (AvgIpc) is 3.24. The Bertz CT molecular complexity index is 1140. The summed E-state index contributed by atoms with van der Waals surface area (Å²) in [6.45, 7) is 0.0422. The van der Waals surface area contributed by atoms with Crippen LogP contribution in [-0.2, 0) is 11.4 Å². The Labute approximate surface area is 171 Å². The molecule has 0 radical (unpaired) electrons. The van der Waals surface area contributed by atoms with Crippen molar-refractivity contribution in [1.82, 2.24) is 9.97 Å². The van der Waals surface area contributed by atoms with Crippen LogP contribution in [0.15, 0.2) is 88.8 Å². The van der Waals surface area contributed by atoms with Gasteiger partial charge in [0.25, 0.3) is 0 Å². The Hall–Kier alpha value is -4.20. The van der Waals surface area contributed by atoms with Crippen molar-refractivity contribution in [3.63, 3.8) is 0 Å². The molecular weight excluding hydrogens is 387 g/mol. The third-order valence-electron chi connectivity index (χ3n) is 4.02. The molecule has 0 aliphatic rings. The predicted molar refractivity (Wildman–Crippen MR) is 108 cm³/mol. The Morgan fingerprint density at radius 2 is 1.83 bits per heavy atom. The van der Waals surface area contributed by atoms with Gasteiger partial charge in [-0.1, -0.05) is 23.4 Å². The molecule has 0 bridgehead atoms. The first-order valence-corrected chi connectivity index (χ1v) is 9.03. The van der Waals surface area contributed by atoms with Crippen LogP contribution in [0.2, 0.25) is 0 Å². The van der Waals surface area contributed by atoms with Gasteiger partial charge in [0.2, 0.25) is 11.8 Å². The quantitative estimate of drug-likeness (QED) is 0.277. The highest BCUT2D eigenvalue weighted by Crippen LogP contribution is 2.23. The minimum absolute atomic E-state index is 0.0422. The van der Waals surface area contributed by atoms with Crippen LogP contribution in [0.25, 0.3) is 11.5 Å². The van der Waals surface area contributed by atoms with Crippen molar-refractivity contribution in [2.75, 3.05) is 0 Å². The van der Waals surface area contributed by atoms with Crippen LogP contribution in [0.5, 0.6) is 11.6 Å². The largest absolute Gasteiger partial charge is 0.444 e. The van der Waals surface area contributed by atoms with Crippen LogP contribution < -0.4 is 10.5 Å². The summed E-state index contributed by atoms with van der Waals surface area (Å²) in [5.41, 5.74) is 7.71. The fourth-order valence-corrected chi connectivity index (χ4v) is 2.58. The molecule has 0 saturated heterocycles. The SMILES string of the molecule is N/C(=N/OCc1coc(-c2ccc(F)cc2)n1)c1cccnc1Oc1ccccc1. The minimum Gasteiger partial charge on any atom is -0.444 e. The summed E-state index contributed by atoms with van der Waals surface area (Å²) in [6, 6.07) is 18.5. The molecule has 0 spiro atoms. The second-order valence-corrected chi connectivity index (χ2v) is 6.17. The maximum absolute atomic E-state index is 13.0. The number of nitrogens with zero attached hydrogens (tertiary/aromatic N) is 3. The Morgan fingerprint density at radius 1 is 1.03 bits per heavy atom. The molecular formula is C22H17FN4O3. The molecule has 30 heavy (non-hydrogen) atoms. The predicted octanol–water partition coefficient (Wildman–Crippen LogP) is 4.51. The summed E-state index contributed by atoms with van der Waals surface area (Å²) in [6.07, 6.45) is 3.04. The van der Waals surface area contributed by atoms with Crippen molar-refractivity contribution in [3.8, 4) is 23.1 Å². The lowest BCUT2D eigenvalue weighted by Crippen LogP contribution is -2.15. The maximum Gasteiger partial charge on any atom is 0.230 e. The van der Waals surface area contributed by atoms with Crippen LogP contribution >= 0.6 is 0 Å². The molecule has 7 nitrogen and oxygen atoms in total. The lowest BCUT2D eigenvalue weighted by molar-refractivity contribution is 0.127. The lowest BCUT2D eigenvalue weighted by atomic mass is 10.2. The molecule has 2 N–H and O–H groups in total. The minimum atomic E-state index is -0.329. The number of amidine groups is 1. The van der Waals surface area contributed by atoms with E-state index in [2.05, 4.69) is 15.1 Å². The maximum atomic E-state index is 13.0. The third-order valence-corrected chi connectivity index (χ3v) is 4.02. The number of para-hydroxylation sites is 1. The molecule has 8 heteroatoms. The molecule has 0 aliphatic heterocycles. The third kappa shape index (κ3) is 4.61. The first-order valence-electron chi connectivity index (χ1n) is 9.03. The highest BCUT2D eigenvalue weighted by molar-refractivity contribution is 5.99. The fourth-order valence-electron chi connectivity index (χ4n) is 2.58. The molecule has 4 aromatic rings. The van der Waals surface area contributed by atoms with Gasteiger partial charge in [0.15, 0.2) is 12.4 Å². The number of hydrogen-bond acceptors (Lipinski definition) is 6. The molecule has 0 unspecified atom stereocenters. The summed E-state index contributed by atoms with van der Waals surface area (Å²) in [4.78, 5) is 13.8. The standard InChI is InChI=1S/C22H17FN4O3/c23-16-10-8-15(9-11-16)21-26-17(13-28-21)14-29-27-20(24)19-7-4-12-25-22(19)30-18-5-2-1-3-6-18/h1-13H,14H2,(H2,24,27). The summed E-state index contributed by atoms with van der Waals surface area (Å²) in [5, 5.41) is 3.93. The number of rotatable bonds is 7. The molecule has 0 saturated carbocycles. The summed E-state index contributed by atoms with van der Waals surface area (Å²) in [5.74, 6) is 1.08. The van der Waals surface area contributed by atoms with E-state index < -0.39 is 0 Å². The number of nitrogens with two attached hydrogens (primary N) is 1. The second-order valence-electron chi connectivity index (χ2n) is 6.17. The molecule has 2 aromatic carbocycles. The average molecular weight is 404 g/mol. The van der Waals surface area contributed by atoms with E-state index >= 15 is 0 Å². The number of oxazole rings is 1. The van der Waals surface area contributed by atoms with E-state index in [-0.39, 0.29) is 18.3 Å². The van der Waals surface area contributed by atoms with Crippen LogP contribution in [0.1, 0.15) is 11.3 Å². The van der Waals surface area contributed by atoms with Gasteiger partial charge >= 0.3 is 0 Å². The smallest absolute Gasteiger partial charge is 0.230 e. The van der Waals surface area contributed by atoms with Gasteiger partial charge in [-0.15, -0.1) is 0 Å². The van der Waals surface area contributed by atoms with Gasteiger partial charge in [0.1, 0.15) is 23.5 Å². The van der Waals surface area contributed by atoms with E-state index in [0.717, 1.165) is 0 Å². The second kappa shape index (κ2) is 8.87. The van der Waals surface area contributed by atoms with Gasteiger partial charge in [-0.05, 0) is 48.5 Å². The van der Waals surface area contributed by atoms with E-state index in [1.54, 1.807) is 30.5 Å². The molecule has 0 atom stereocenters. The fraction of sp³-hybridized carbons (Fsp3) is 0.0455. The van der Waals surface area contributed by atoms with Gasteiger partial charge in [-0.2, -0.15) is 0 Å². The highest BCUT2D eigenvalue weighted by Gasteiger charge is 2.11. The topological polar surface area (TPSA) is 95.8 Å². The van der Waals surface area contributed by atoms with Gasteiger partial charge in [-0.3, -0.25) is 0 Å². The Kier molecular flexibility index (Phi) is 5.66. The van der Waals surface area contributed by atoms with E-state index in [4.69, 9.17) is 19.7 Å². The first-order chi connectivity index (χ1) is 14.7. The molecule has 0 amide bonds.